The van der Waals surface area contributed by atoms with E-state index in [1.165, 1.54) is 6.20 Å². The highest BCUT2D eigenvalue weighted by Gasteiger charge is 2.09. The molecule has 2 rings (SSSR count). The van der Waals surface area contributed by atoms with Gasteiger partial charge in [-0.1, -0.05) is 11.6 Å². The molecule has 2 aromatic rings. The fourth-order valence-electron chi connectivity index (χ4n) is 1.21. The molecule has 1 amide bonds. The van der Waals surface area contributed by atoms with Crippen LogP contribution in [0.1, 0.15) is 10.5 Å². The van der Waals surface area contributed by atoms with Crippen molar-refractivity contribution in [3.05, 3.63) is 41.2 Å². The average Bonchev–Trinajstić information content (AvgIpc) is 2.76. The van der Waals surface area contributed by atoms with Crippen LogP contribution in [0.5, 0.6) is 0 Å². The maximum Gasteiger partial charge on any atom is 0.273 e. The van der Waals surface area contributed by atoms with E-state index in [9.17, 15) is 4.79 Å². The number of H-pyrrole nitrogens is 1. The van der Waals surface area contributed by atoms with Crippen LogP contribution in [0.2, 0.25) is 5.02 Å². The zero-order valence-electron chi connectivity index (χ0n) is 8.20. The first-order chi connectivity index (χ1) is 7.66. The number of carbonyl (C=O) groups excluding carboxylic acids is 1. The van der Waals surface area contributed by atoms with E-state index in [-0.39, 0.29) is 5.91 Å². The van der Waals surface area contributed by atoms with Gasteiger partial charge in [-0.2, -0.15) is 5.10 Å². The Balaban J connectivity index is 2.21. The van der Waals surface area contributed by atoms with Crippen LogP contribution in [-0.2, 0) is 0 Å². The molecule has 0 aliphatic heterocycles. The van der Waals surface area contributed by atoms with Gasteiger partial charge in [0.25, 0.3) is 5.91 Å². The second-order valence-corrected chi connectivity index (χ2v) is 3.59. The number of carbonyl (C=O) groups is 1. The standard InChI is InChI=1S/C10H9ClN4O/c11-6-1-2-7(12)9(5-6)14-10(16)8-3-4-13-15-8/h1-5H,12H2,(H,13,15)(H,14,16). The van der Waals surface area contributed by atoms with Crippen LogP contribution < -0.4 is 11.1 Å². The average molecular weight is 237 g/mol. The molecular formula is C10H9ClN4O. The van der Waals surface area contributed by atoms with Crippen molar-refractivity contribution in [2.45, 2.75) is 0 Å². The molecule has 0 saturated heterocycles. The molecule has 1 heterocycles. The molecule has 0 saturated carbocycles. The van der Waals surface area contributed by atoms with E-state index >= 15 is 0 Å². The zero-order chi connectivity index (χ0) is 11.5. The van der Waals surface area contributed by atoms with Gasteiger partial charge in [0.1, 0.15) is 5.69 Å². The summed E-state index contributed by atoms with van der Waals surface area (Å²) < 4.78 is 0. The number of benzene rings is 1. The van der Waals surface area contributed by atoms with E-state index in [2.05, 4.69) is 15.5 Å². The van der Waals surface area contributed by atoms with Crippen LogP contribution in [-0.4, -0.2) is 16.1 Å². The van der Waals surface area contributed by atoms with E-state index in [1.54, 1.807) is 24.3 Å². The molecule has 0 fully saturated rings. The second kappa shape index (κ2) is 4.24. The van der Waals surface area contributed by atoms with E-state index in [1.807, 2.05) is 0 Å². The van der Waals surface area contributed by atoms with E-state index in [0.29, 0.717) is 22.1 Å². The third-order valence-corrected chi connectivity index (χ3v) is 2.24. The molecule has 16 heavy (non-hydrogen) atoms. The Labute approximate surface area is 96.6 Å². The van der Waals surface area contributed by atoms with Crippen molar-refractivity contribution >= 4 is 28.9 Å². The fourth-order valence-corrected chi connectivity index (χ4v) is 1.38. The first-order valence-electron chi connectivity index (χ1n) is 4.52. The smallest absolute Gasteiger partial charge is 0.273 e. The number of nitrogens with one attached hydrogen (secondary N) is 2. The van der Waals surface area contributed by atoms with Gasteiger partial charge in [-0.05, 0) is 24.3 Å². The van der Waals surface area contributed by atoms with Crippen molar-refractivity contribution in [3.63, 3.8) is 0 Å². The van der Waals surface area contributed by atoms with Crippen molar-refractivity contribution in [2.75, 3.05) is 11.1 Å². The van der Waals surface area contributed by atoms with Crippen LogP contribution in [0, 0.1) is 0 Å². The molecule has 5 nitrogen and oxygen atoms in total. The summed E-state index contributed by atoms with van der Waals surface area (Å²) in [4.78, 5) is 11.7. The first-order valence-corrected chi connectivity index (χ1v) is 4.90. The number of nitrogens with zero attached hydrogens (tertiary/aromatic N) is 1. The Kier molecular flexibility index (Phi) is 2.78. The minimum atomic E-state index is -0.313. The lowest BCUT2D eigenvalue weighted by molar-refractivity contribution is 0.102. The Morgan fingerprint density at radius 3 is 2.94 bits per heavy atom. The van der Waals surface area contributed by atoms with Crippen molar-refractivity contribution < 1.29 is 4.79 Å². The number of nitrogen functional groups attached to an aromatic ring is 1. The molecule has 0 spiro atoms. The van der Waals surface area contributed by atoms with E-state index in [0.717, 1.165) is 0 Å². The summed E-state index contributed by atoms with van der Waals surface area (Å²) in [6.45, 7) is 0. The minimum absolute atomic E-state index is 0.313. The van der Waals surface area contributed by atoms with E-state index in [4.69, 9.17) is 17.3 Å². The largest absolute Gasteiger partial charge is 0.397 e. The number of aromatic amines is 1. The summed E-state index contributed by atoms with van der Waals surface area (Å²) in [6.07, 6.45) is 1.50. The van der Waals surface area contributed by atoms with Crippen LogP contribution in [0.15, 0.2) is 30.5 Å². The second-order valence-electron chi connectivity index (χ2n) is 3.16. The summed E-state index contributed by atoms with van der Waals surface area (Å²) >= 11 is 5.80. The van der Waals surface area contributed by atoms with Gasteiger partial charge in [-0.3, -0.25) is 9.89 Å². The number of amides is 1. The number of aromatic nitrogens is 2. The fraction of sp³-hybridized carbons (Fsp3) is 0. The molecule has 0 unspecified atom stereocenters. The third-order valence-electron chi connectivity index (χ3n) is 2.01. The van der Waals surface area contributed by atoms with Gasteiger partial charge >= 0.3 is 0 Å². The third kappa shape index (κ3) is 2.14. The van der Waals surface area contributed by atoms with Gasteiger partial charge in [0, 0.05) is 11.2 Å². The lowest BCUT2D eigenvalue weighted by atomic mass is 10.2. The Morgan fingerprint density at radius 2 is 2.25 bits per heavy atom. The van der Waals surface area contributed by atoms with Gasteiger partial charge in [0.05, 0.1) is 11.4 Å². The lowest BCUT2D eigenvalue weighted by Gasteiger charge is -2.07. The van der Waals surface area contributed by atoms with Crippen molar-refractivity contribution in [1.29, 1.82) is 0 Å². The van der Waals surface area contributed by atoms with Gasteiger partial charge < -0.3 is 11.1 Å². The predicted molar refractivity (Wildman–Crippen MR) is 62.4 cm³/mol. The van der Waals surface area contributed by atoms with Crippen molar-refractivity contribution in [3.8, 4) is 0 Å². The summed E-state index contributed by atoms with van der Waals surface area (Å²) in [7, 11) is 0. The monoisotopic (exact) mass is 236 g/mol. The number of halogens is 1. The number of anilines is 2. The molecule has 0 radical (unpaired) electrons. The lowest BCUT2D eigenvalue weighted by Crippen LogP contribution is -2.13. The van der Waals surface area contributed by atoms with Gasteiger partial charge in [0.2, 0.25) is 0 Å². The Morgan fingerprint density at radius 1 is 1.44 bits per heavy atom. The molecule has 0 bridgehead atoms. The summed E-state index contributed by atoms with van der Waals surface area (Å²) in [6, 6.07) is 6.44. The molecule has 0 aliphatic carbocycles. The molecule has 0 atom stereocenters. The van der Waals surface area contributed by atoms with Gasteiger partial charge in [-0.25, -0.2) is 0 Å². The van der Waals surface area contributed by atoms with Crippen LogP contribution in [0.3, 0.4) is 0 Å². The SMILES string of the molecule is Nc1ccc(Cl)cc1NC(=O)c1ccn[nH]1. The van der Waals surface area contributed by atoms with Gasteiger partial charge in [0.15, 0.2) is 0 Å². The van der Waals surface area contributed by atoms with Crippen molar-refractivity contribution in [2.24, 2.45) is 0 Å². The molecule has 6 heteroatoms. The molecule has 1 aromatic carbocycles. The number of hydrogen-bond acceptors (Lipinski definition) is 3. The summed E-state index contributed by atoms with van der Waals surface area (Å²) in [5, 5.41) is 9.38. The highest BCUT2D eigenvalue weighted by atomic mass is 35.5. The highest BCUT2D eigenvalue weighted by molar-refractivity contribution is 6.31. The maximum atomic E-state index is 11.7. The number of hydrogen-bond donors (Lipinski definition) is 3. The molecule has 82 valence electrons. The molecule has 0 aliphatic rings. The van der Waals surface area contributed by atoms with Gasteiger partial charge in [-0.15, -0.1) is 0 Å². The Hall–Kier alpha value is -2.01. The highest BCUT2D eigenvalue weighted by Crippen LogP contribution is 2.23. The molecule has 1 aromatic heterocycles. The number of rotatable bonds is 2. The minimum Gasteiger partial charge on any atom is -0.397 e. The molecular weight excluding hydrogens is 228 g/mol. The van der Waals surface area contributed by atoms with Crippen LogP contribution >= 0.6 is 11.6 Å². The topological polar surface area (TPSA) is 83.8 Å². The van der Waals surface area contributed by atoms with Crippen LogP contribution in [0.25, 0.3) is 0 Å². The zero-order valence-corrected chi connectivity index (χ0v) is 8.95. The normalized spacial score (nSPS) is 10.1. The quantitative estimate of drug-likeness (QED) is 0.697. The Bertz CT molecular complexity index is 510. The predicted octanol–water partition coefficient (Wildman–Crippen LogP) is 1.90. The van der Waals surface area contributed by atoms with Crippen LogP contribution in [0.4, 0.5) is 11.4 Å². The maximum absolute atomic E-state index is 11.7. The first kappa shape index (κ1) is 10.5. The molecule has 4 N–H and O–H groups in total. The number of nitrogens with two attached hydrogens (primary N) is 1. The van der Waals surface area contributed by atoms with E-state index < -0.39 is 0 Å². The van der Waals surface area contributed by atoms with Crippen molar-refractivity contribution in [1.82, 2.24) is 10.2 Å². The summed E-state index contributed by atoms with van der Waals surface area (Å²) in [5.41, 5.74) is 6.99. The summed E-state index contributed by atoms with van der Waals surface area (Å²) in [5.74, 6) is -0.313.